The summed E-state index contributed by atoms with van der Waals surface area (Å²) in [5.74, 6) is 0.998. The molecule has 0 unspecified atom stereocenters. The van der Waals surface area contributed by atoms with Crippen molar-refractivity contribution in [3.63, 3.8) is 0 Å². The number of amides is 1. The molecule has 0 radical (unpaired) electrons. The van der Waals surface area contributed by atoms with E-state index in [1.54, 1.807) is 0 Å². The number of aliphatic imine (C=N–C) groups is 1. The van der Waals surface area contributed by atoms with Gasteiger partial charge in [-0.05, 0) is 24.5 Å². The van der Waals surface area contributed by atoms with Gasteiger partial charge in [0, 0.05) is 17.2 Å². The second kappa shape index (κ2) is 5.69. The predicted molar refractivity (Wildman–Crippen MR) is 101 cm³/mol. The third kappa shape index (κ3) is 2.19. The van der Waals surface area contributed by atoms with E-state index in [-0.39, 0.29) is 11.9 Å². The Morgan fingerprint density at radius 3 is 2.36 bits per heavy atom. The number of amidine groups is 1. The first-order valence-electron chi connectivity index (χ1n) is 9.16. The standard InChI is InChI=1S/C22H20N2O/c25-22-19(15-9-3-1-4-10-15)20-17-13-7-8-14-18(17)23-21(20)24(22)16-11-5-2-6-12-16/h1,3-4,7-10,13-14,16H,2,5-6,11-12H2. The molecule has 2 aromatic rings. The molecule has 0 N–H and O–H groups in total. The van der Waals surface area contributed by atoms with Gasteiger partial charge in [-0.2, -0.15) is 0 Å². The highest BCUT2D eigenvalue weighted by atomic mass is 16.2. The van der Waals surface area contributed by atoms with Gasteiger partial charge in [0.1, 0.15) is 5.84 Å². The molecular weight excluding hydrogens is 308 g/mol. The van der Waals surface area contributed by atoms with Gasteiger partial charge >= 0.3 is 0 Å². The third-order valence-corrected chi connectivity index (χ3v) is 5.54. The highest BCUT2D eigenvalue weighted by molar-refractivity contribution is 6.52. The van der Waals surface area contributed by atoms with E-state index in [1.165, 1.54) is 19.3 Å². The summed E-state index contributed by atoms with van der Waals surface area (Å²) in [7, 11) is 0. The quantitative estimate of drug-likeness (QED) is 0.778. The minimum atomic E-state index is 0.126. The Kier molecular flexibility index (Phi) is 3.34. The first kappa shape index (κ1) is 14.6. The molecule has 25 heavy (non-hydrogen) atoms. The zero-order chi connectivity index (χ0) is 16.8. The second-order valence-electron chi connectivity index (χ2n) is 7.04. The molecule has 2 aromatic carbocycles. The zero-order valence-electron chi connectivity index (χ0n) is 14.1. The van der Waals surface area contributed by atoms with Crippen molar-refractivity contribution < 1.29 is 4.79 Å². The Labute approximate surface area is 147 Å². The molecule has 0 saturated heterocycles. The van der Waals surface area contributed by atoms with Crippen LogP contribution < -0.4 is 0 Å². The van der Waals surface area contributed by atoms with Gasteiger partial charge in [0.25, 0.3) is 5.91 Å². The Bertz CT molecular complexity index is 905. The van der Waals surface area contributed by atoms with Crippen molar-refractivity contribution in [1.29, 1.82) is 0 Å². The van der Waals surface area contributed by atoms with Crippen LogP contribution in [0.25, 0.3) is 11.1 Å². The highest BCUT2D eigenvalue weighted by Gasteiger charge is 2.44. The van der Waals surface area contributed by atoms with Crippen molar-refractivity contribution >= 4 is 28.6 Å². The molecular formula is C22H20N2O. The summed E-state index contributed by atoms with van der Waals surface area (Å²) >= 11 is 0. The van der Waals surface area contributed by atoms with Crippen molar-refractivity contribution in [3.05, 3.63) is 65.7 Å². The summed E-state index contributed by atoms with van der Waals surface area (Å²) in [4.78, 5) is 20.3. The van der Waals surface area contributed by atoms with E-state index in [0.717, 1.165) is 46.6 Å². The van der Waals surface area contributed by atoms with Gasteiger partial charge in [0.2, 0.25) is 0 Å². The van der Waals surface area contributed by atoms with Crippen LogP contribution in [0.2, 0.25) is 0 Å². The molecule has 3 nitrogen and oxygen atoms in total. The average molecular weight is 328 g/mol. The molecule has 0 spiro atoms. The van der Waals surface area contributed by atoms with Crippen molar-refractivity contribution in [2.45, 2.75) is 38.1 Å². The largest absolute Gasteiger partial charge is 0.289 e. The van der Waals surface area contributed by atoms with Gasteiger partial charge in [0.15, 0.2) is 0 Å². The van der Waals surface area contributed by atoms with Crippen molar-refractivity contribution in [1.82, 2.24) is 4.90 Å². The van der Waals surface area contributed by atoms with Crippen LogP contribution in [0.5, 0.6) is 0 Å². The maximum atomic E-state index is 13.4. The van der Waals surface area contributed by atoms with Crippen LogP contribution in [0.3, 0.4) is 0 Å². The SMILES string of the molecule is O=C1C(c2ccccc2)=C2C(=Nc3ccccc32)N1C1CCCCC1. The number of rotatable bonds is 2. The van der Waals surface area contributed by atoms with E-state index in [0.29, 0.717) is 0 Å². The summed E-state index contributed by atoms with van der Waals surface area (Å²) in [6, 6.07) is 18.5. The fourth-order valence-corrected chi connectivity index (χ4v) is 4.37. The number of para-hydroxylation sites is 1. The van der Waals surface area contributed by atoms with E-state index in [4.69, 9.17) is 4.99 Å². The molecule has 3 heteroatoms. The Morgan fingerprint density at radius 1 is 0.840 bits per heavy atom. The molecule has 1 saturated carbocycles. The molecule has 1 amide bonds. The summed E-state index contributed by atoms with van der Waals surface area (Å²) in [6.07, 6.45) is 5.83. The first-order valence-corrected chi connectivity index (χ1v) is 9.16. The van der Waals surface area contributed by atoms with Crippen LogP contribution >= 0.6 is 0 Å². The number of nitrogens with zero attached hydrogens (tertiary/aromatic N) is 2. The fourth-order valence-electron chi connectivity index (χ4n) is 4.37. The molecule has 0 bridgehead atoms. The topological polar surface area (TPSA) is 32.7 Å². The van der Waals surface area contributed by atoms with E-state index < -0.39 is 0 Å². The number of hydrogen-bond donors (Lipinski definition) is 0. The Hall–Kier alpha value is -2.68. The van der Waals surface area contributed by atoms with E-state index in [9.17, 15) is 4.79 Å². The number of carbonyl (C=O) groups is 1. The highest BCUT2D eigenvalue weighted by Crippen LogP contribution is 2.46. The first-order chi connectivity index (χ1) is 12.3. The van der Waals surface area contributed by atoms with Gasteiger partial charge in [-0.1, -0.05) is 67.8 Å². The van der Waals surface area contributed by atoms with Gasteiger partial charge in [-0.25, -0.2) is 4.99 Å². The normalized spacial score (nSPS) is 19.9. The lowest BCUT2D eigenvalue weighted by Gasteiger charge is -2.31. The summed E-state index contributed by atoms with van der Waals surface area (Å²) < 4.78 is 0. The lowest BCUT2D eigenvalue weighted by Crippen LogP contribution is -2.41. The molecule has 2 heterocycles. The Morgan fingerprint density at radius 2 is 1.56 bits per heavy atom. The van der Waals surface area contributed by atoms with Crippen LogP contribution in [0.15, 0.2) is 59.6 Å². The van der Waals surface area contributed by atoms with Crippen molar-refractivity contribution in [2.24, 2.45) is 4.99 Å². The van der Waals surface area contributed by atoms with Gasteiger partial charge in [-0.15, -0.1) is 0 Å². The minimum absolute atomic E-state index is 0.126. The molecule has 124 valence electrons. The number of fused-ring (bicyclic) bond motifs is 3. The van der Waals surface area contributed by atoms with Gasteiger partial charge in [0.05, 0.1) is 11.3 Å². The molecule has 0 atom stereocenters. The number of hydrogen-bond acceptors (Lipinski definition) is 2. The van der Waals surface area contributed by atoms with Crippen LogP contribution in [0, 0.1) is 0 Å². The van der Waals surface area contributed by atoms with Crippen molar-refractivity contribution in [3.8, 4) is 0 Å². The van der Waals surface area contributed by atoms with Crippen LogP contribution in [0.1, 0.15) is 43.2 Å². The molecule has 3 aliphatic rings. The van der Waals surface area contributed by atoms with Crippen LogP contribution in [-0.2, 0) is 4.79 Å². The van der Waals surface area contributed by atoms with Crippen LogP contribution in [0.4, 0.5) is 5.69 Å². The fraction of sp³-hybridized carbons (Fsp3) is 0.273. The van der Waals surface area contributed by atoms with Crippen molar-refractivity contribution in [2.75, 3.05) is 0 Å². The summed E-state index contributed by atoms with van der Waals surface area (Å²) in [5, 5.41) is 0. The molecule has 5 rings (SSSR count). The van der Waals surface area contributed by atoms with E-state index >= 15 is 0 Å². The smallest absolute Gasteiger partial charge is 0.261 e. The monoisotopic (exact) mass is 328 g/mol. The lowest BCUT2D eigenvalue weighted by molar-refractivity contribution is -0.122. The summed E-state index contributed by atoms with van der Waals surface area (Å²) in [5.41, 5.74) is 4.90. The Balaban J connectivity index is 1.69. The average Bonchev–Trinajstić information content (AvgIpc) is 3.16. The van der Waals surface area contributed by atoms with E-state index in [2.05, 4.69) is 6.07 Å². The molecule has 1 fully saturated rings. The van der Waals surface area contributed by atoms with E-state index in [1.807, 2.05) is 53.4 Å². The van der Waals surface area contributed by atoms with Gasteiger partial charge in [-0.3, -0.25) is 9.69 Å². The number of carbonyl (C=O) groups excluding carboxylic acids is 1. The molecule has 1 aliphatic carbocycles. The molecule has 0 aromatic heterocycles. The number of benzene rings is 2. The zero-order valence-corrected chi connectivity index (χ0v) is 14.1. The predicted octanol–water partition coefficient (Wildman–Crippen LogP) is 4.82. The lowest BCUT2D eigenvalue weighted by atomic mass is 9.94. The van der Waals surface area contributed by atoms with Crippen LogP contribution in [-0.4, -0.2) is 22.7 Å². The molecule has 2 aliphatic heterocycles. The summed E-state index contributed by atoms with van der Waals surface area (Å²) in [6.45, 7) is 0. The second-order valence-corrected chi connectivity index (χ2v) is 7.04. The third-order valence-electron chi connectivity index (χ3n) is 5.54. The maximum Gasteiger partial charge on any atom is 0.261 e. The van der Waals surface area contributed by atoms with Gasteiger partial charge < -0.3 is 0 Å². The maximum absolute atomic E-state index is 13.4. The minimum Gasteiger partial charge on any atom is -0.289 e.